The molecule has 1 atom stereocenters. The molecule has 366 valence electrons. The number of unbranched alkanes of at least 4 members (excludes halogenated alkanes) is 30. The Morgan fingerprint density at radius 2 is 0.619 bits per heavy atom. The fourth-order valence-corrected chi connectivity index (χ4v) is 7.75. The van der Waals surface area contributed by atoms with Crippen LogP contribution in [0.5, 0.6) is 0 Å². The van der Waals surface area contributed by atoms with Crippen molar-refractivity contribution in [2.75, 3.05) is 13.2 Å². The minimum absolute atomic E-state index is 0.0850. The van der Waals surface area contributed by atoms with Crippen LogP contribution in [0.15, 0.2) is 48.6 Å². The quantitative estimate of drug-likeness (QED) is 0.0262. The topological polar surface area (TPSA) is 78.9 Å². The average Bonchev–Trinajstić information content (AvgIpc) is 3.28. The van der Waals surface area contributed by atoms with Gasteiger partial charge in [0.05, 0.1) is 0 Å². The van der Waals surface area contributed by atoms with Crippen molar-refractivity contribution in [3.8, 4) is 0 Å². The second kappa shape index (κ2) is 52.0. The van der Waals surface area contributed by atoms with E-state index in [1.54, 1.807) is 0 Å². The number of carbonyl (C=O) groups is 3. The molecule has 63 heavy (non-hydrogen) atoms. The van der Waals surface area contributed by atoms with Gasteiger partial charge in [-0.1, -0.05) is 230 Å². The highest BCUT2D eigenvalue weighted by Gasteiger charge is 2.19. The Morgan fingerprint density at radius 1 is 0.333 bits per heavy atom. The van der Waals surface area contributed by atoms with Crippen molar-refractivity contribution in [3.63, 3.8) is 0 Å². The number of rotatable bonds is 49. The van der Waals surface area contributed by atoms with Gasteiger partial charge in [0.25, 0.3) is 0 Å². The van der Waals surface area contributed by atoms with Gasteiger partial charge in [0.1, 0.15) is 13.2 Å². The van der Waals surface area contributed by atoms with Gasteiger partial charge in [0.2, 0.25) is 0 Å². The molecule has 0 aromatic rings. The Labute approximate surface area is 390 Å². The molecule has 0 aliphatic heterocycles. The van der Waals surface area contributed by atoms with Crippen LogP contribution in [0.1, 0.15) is 278 Å². The monoisotopic (exact) mass is 883 g/mol. The summed E-state index contributed by atoms with van der Waals surface area (Å²) in [5.74, 6) is -0.919. The SMILES string of the molecule is CC/C=C\C/C=C\C/C=C\CCCCC(=O)OCC(COC(=O)CCCCCCCCC/C=C\CCCCCCCC)OC(=O)CCCCCCCCCCCCCCCCCC. The molecule has 0 amide bonds. The first kappa shape index (κ1) is 60.4. The second-order valence-corrected chi connectivity index (χ2v) is 18.1. The highest BCUT2D eigenvalue weighted by Crippen LogP contribution is 2.16. The van der Waals surface area contributed by atoms with Crippen molar-refractivity contribution in [1.82, 2.24) is 0 Å². The van der Waals surface area contributed by atoms with Crippen LogP contribution in [-0.2, 0) is 28.6 Å². The summed E-state index contributed by atoms with van der Waals surface area (Å²) >= 11 is 0. The lowest BCUT2D eigenvalue weighted by Crippen LogP contribution is -2.30. The van der Waals surface area contributed by atoms with E-state index in [0.29, 0.717) is 19.3 Å². The van der Waals surface area contributed by atoms with Gasteiger partial charge in [-0.15, -0.1) is 0 Å². The molecule has 0 aliphatic carbocycles. The second-order valence-electron chi connectivity index (χ2n) is 18.1. The van der Waals surface area contributed by atoms with Crippen molar-refractivity contribution in [2.45, 2.75) is 284 Å². The number of ether oxygens (including phenoxy) is 3. The highest BCUT2D eigenvalue weighted by atomic mass is 16.6. The fraction of sp³-hybridized carbons (Fsp3) is 0.807. The van der Waals surface area contributed by atoms with E-state index in [4.69, 9.17) is 14.2 Å². The van der Waals surface area contributed by atoms with Crippen LogP contribution in [0.2, 0.25) is 0 Å². The van der Waals surface area contributed by atoms with E-state index in [9.17, 15) is 14.4 Å². The summed E-state index contributed by atoms with van der Waals surface area (Å²) in [6.07, 6.45) is 62.5. The lowest BCUT2D eigenvalue weighted by atomic mass is 10.0. The molecule has 0 saturated heterocycles. The van der Waals surface area contributed by atoms with Gasteiger partial charge in [-0.3, -0.25) is 14.4 Å². The minimum Gasteiger partial charge on any atom is -0.462 e. The van der Waals surface area contributed by atoms with E-state index >= 15 is 0 Å². The maximum absolute atomic E-state index is 12.8. The Hall–Kier alpha value is -2.63. The van der Waals surface area contributed by atoms with Gasteiger partial charge >= 0.3 is 17.9 Å². The summed E-state index contributed by atoms with van der Waals surface area (Å²) in [6, 6.07) is 0. The van der Waals surface area contributed by atoms with Crippen LogP contribution in [0.25, 0.3) is 0 Å². The zero-order chi connectivity index (χ0) is 45.8. The molecule has 0 rings (SSSR count). The zero-order valence-corrected chi connectivity index (χ0v) is 41.8. The van der Waals surface area contributed by atoms with Crippen LogP contribution < -0.4 is 0 Å². The van der Waals surface area contributed by atoms with Gasteiger partial charge in [-0.25, -0.2) is 0 Å². The van der Waals surface area contributed by atoms with E-state index in [1.165, 1.54) is 161 Å². The normalized spacial score (nSPS) is 12.4. The van der Waals surface area contributed by atoms with Crippen molar-refractivity contribution >= 4 is 17.9 Å². The van der Waals surface area contributed by atoms with Crippen molar-refractivity contribution in [2.24, 2.45) is 0 Å². The van der Waals surface area contributed by atoms with Crippen LogP contribution >= 0.6 is 0 Å². The molecule has 0 heterocycles. The summed E-state index contributed by atoms with van der Waals surface area (Å²) in [5, 5.41) is 0. The van der Waals surface area contributed by atoms with Crippen molar-refractivity contribution in [1.29, 1.82) is 0 Å². The van der Waals surface area contributed by atoms with E-state index in [0.717, 1.165) is 77.0 Å². The summed E-state index contributed by atoms with van der Waals surface area (Å²) in [5.41, 5.74) is 0. The van der Waals surface area contributed by atoms with Crippen LogP contribution in [0.3, 0.4) is 0 Å². The van der Waals surface area contributed by atoms with Gasteiger partial charge < -0.3 is 14.2 Å². The molecule has 0 radical (unpaired) electrons. The fourth-order valence-electron chi connectivity index (χ4n) is 7.75. The first-order chi connectivity index (χ1) is 31.0. The van der Waals surface area contributed by atoms with E-state index < -0.39 is 6.10 Å². The van der Waals surface area contributed by atoms with Gasteiger partial charge in [0.15, 0.2) is 6.10 Å². The first-order valence-corrected chi connectivity index (χ1v) is 27.1. The van der Waals surface area contributed by atoms with Gasteiger partial charge in [0, 0.05) is 19.3 Å². The summed E-state index contributed by atoms with van der Waals surface area (Å²) in [6.45, 7) is 6.51. The predicted octanol–water partition coefficient (Wildman–Crippen LogP) is 17.9. The van der Waals surface area contributed by atoms with Crippen molar-refractivity contribution < 1.29 is 28.6 Å². The third-order valence-corrected chi connectivity index (χ3v) is 11.8. The number of carbonyl (C=O) groups excluding carboxylic acids is 3. The Bertz CT molecular complexity index is 1110. The molecule has 0 N–H and O–H groups in total. The van der Waals surface area contributed by atoms with Gasteiger partial charge in [-0.05, 0) is 77.0 Å². The zero-order valence-electron chi connectivity index (χ0n) is 41.8. The maximum Gasteiger partial charge on any atom is 0.306 e. The maximum atomic E-state index is 12.8. The number of esters is 3. The highest BCUT2D eigenvalue weighted by molar-refractivity contribution is 5.71. The summed E-state index contributed by atoms with van der Waals surface area (Å²) in [4.78, 5) is 38.0. The third-order valence-electron chi connectivity index (χ3n) is 11.8. The van der Waals surface area contributed by atoms with Gasteiger partial charge in [-0.2, -0.15) is 0 Å². The lowest BCUT2D eigenvalue weighted by molar-refractivity contribution is -0.167. The smallest absolute Gasteiger partial charge is 0.306 e. The summed E-state index contributed by atoms with van der Waals surface area (Å²) in [7, 11) is 0. The molecule has 0 spiro atoms. The third kappa shape index (κ3) is 50.2. The molecule has 0 aliphatic rings. The average molecular weight is 883 g/mol. The molecule has 0 aromatic carbocycles. The minimum atomic E-state index is -0.787. The number of hydrogen-bond donors (Lipinski definition) is 0. The molecular weight excluding hydrogens is 781 g/mol. The standard InChI is InChI=1S/C57H102O6/c1-4-7-10-13-16-19-22-25-27-29-31-32-35-38-41-44-47-50-56(59)62-53-54(52-61-55(58)49-46-43-40-37-34-24-21-18-15-12-9-6-3)63-57(60)51-48-45-42-39-36-33-30-28-26-23-20-17-14-11-8-5-2/h9,12,18,21,25,27,34,37,54H,4-8,10-11,13-17,19-20,22-24,26,28-33,35-36,38-53H2,1-3H3/b12-9-,21-18-,27-25-,37-34-. The number of hydrogen-bond acceptors (Lipinski definition) is 6. The Kier molecular flexibility index (Phi) is 49.8. The Balaban J connectivity index is 4.37. The van der Waals surface area contributed by atoms with E-state index in [2.05, 4.69) is 69.4 Å². The number of allylic oxidation sites excluding steroid dienone is 8. The van der Waals surface area contributed by atoms with E-state index in [-0.39, 0.29) is 31.1 Å². The Morgan fingerprint density at radius 3 is 1.02 bits per heavy atom. The molecular formula is C57H102O6. The first-order valence-electron chi connectivity index (χ1n) is 27.1. The lowest BCUT2D eigenvalue weighted by Gasteiger charge is -2.18. The molecule has 6 nitrogen and oxygen atoms in total. The van der Waals surface area contributed by atoms with Crippen molar-refractivity contribution in [3.05, 3.63) is 48.6 Å². The molecule has 0 fully saturated rings. The van der Waals surface area contributed by atoms with Crippen LogP contribution in [-0.4, -0.2) is 37.2 Å². The van der Waals surface area contributed by atoms with Crippen LogP contribution in [0, 0.1) is 0 Å². The molecule has 6 heteroatoms. The molecule has 0 saturated carbocycles. The molecule has 1 unspecified atom stereocenters. The van der Waals surface area contributed by atoms with E-state index in [1.807, 2.05) is 0 Å². The molecule has 0 bridgehead atoms. The summed E-state index contributed by atoms with van der Waals surface area (Å²) < 4.78 is 16.8. The van der Waals surface area contributed by atoms with Crippen LogP contribution in [0.4, 0.5) is 0 Å². The predicted molar refractivity (Wildman–Crippen MR) is 270 cm³/mol. The largest absolute Gasteiger partial charge is 0.462 e. The molecule has 0 aromatic heterocycles.